The fourth-order valence-electron chi connectivity index (χ4n) is 1.55. The van der Waals surface area contributed by atoms with E-state index in [2.05, 4.69) is 12.2 Å². The lowest BCUT2D eigenvalue weighted by Crippen LogP contribution is -2.30. The first kappa shape index (κ1) is 11.5. The SMILES string of the molecule is CC(N)CCC(=O)NCC(C)C1CC1. The molecule has 2 unspecified atom stereocenters. The van der Waals surface area contributed by atoms with Crippen LogP contribution in [0.25, 0.3) is 0 Å². The van der Waals surface area contributed by atoms with E-state index in [1.165, 1.54) is 12.8 Å². The minimum atomic E-state index is 0.126. The Hall–Kier alpha value is -0.570. The van der Waals surface area contributed by atoms with Gasteiger partial charge in [-0.3, -0.25) is 4.79 Å². The average molecular weight is 198 g/mol. The molecular weight excluding hydrogens is 176 g/mol. The Morgan fingerprint density at radius 1 is 1.50 bits per heavy atom. The summed E-state index contributed by atoms with van der Waals surface area (Å²) in [6, 6.07) is 0.126. The molecule has 0 aromatic rings. The minimum Gasteiger partial charge on any atom is -0.356 e. The summed E-state index contributed by atoms with van der Waals surface area (Å²) in [5.74, 6) is 1.66. The summed E-state index contributed by atoms with van der Waals surface area (Å²) in [6.45, 7) is 4.98. The van der Waals surface area contributed by atoms with Crippen LogP contribution in [0.15, 0.2) is 0 Å². The van der Waals surface area contributed by atoms with Crippen molar-refractivity contribution in [2.45, 2.75) is 45.6 Å². The normalized spacial score (nSPS) is 20.2. The second kappa shape index (κ2) is 5.35. The summed E-state index contributed by atoms with van der Waals surface area (Å²) in [5, 5.41) is 2.96. The topological polar surface area (TPSA) is 55.1 Å². The standard InChI is InChI=1S/C11H22N2O/c1-8(10-4-5-10)7-13-11(14)6-3-9(2)12/h8-10H,3-7,12H2,1-2H3,(H,13,14). The minimum absolute atomic E-state index is 0.126. The maximum atomic E-state index is 11.3. The van der Waals surface area contributed by atoms with E-state index in [1.54, 1.807) is 0 Å². The Kier molecular flexibility index (Phi) is 4.39. The lowest BCUT2D eigenvalue weighted by molar-refractivity contribution is -0.121. The molecule has 14 heavy (non-hydrogen) atoms. The van der Waals surface area contributed by atoms with Crippen LogP contribution in [0.1, 0.15) is 39.5 Å². The van der Waals surface area contributed by atoms with Gasteiger partial charge >= 0.3 is 0 Å². The Morgan fingerprint density at radius 3 is 2.64 bits per heavy atom. The number of carbonyl (C=O) groups is 1. The molecule has 0 aromatic carbocycles. The van der Waals surface area contributed by atoms with Crippen LogP contribution in [0, 0.1) is 11.8 Å². The van der Waals surface area contributed by atoms with Gasteiger partial charge in [0, 0.05) is 19.0 Å². The molecule has 0 aliphatic heterocycles. The third-order valence-electron chi connectivity index (χ3n) is 2.87. The van der Waals surface area contributed by atoms with Crippen molar-refractivity contribution in [1.82, 2.24) is 5.32 Å². The largest absolute Gasteiger partial charge is 0.356 e. The van der Waals surface area contributed by atoms with Gasteiger partial charge in [-0.1, -0.05) is 6.92 Å². The molecule has 0 saturated heterocycles. The van der Waals surface area contributed by atoms with Crippen molar-refractivity contribution in [3.8, 4) is 0 Å². The molecule has 1 fully saturated rings. The highest BCUT2D eigenvalue weighted by molar-refractivity contribution is 5.75. The predicted octanol–water partition coefficient (Wildman–Crippen LogP) is 1.28. The zero-order chi connectivity index (χ0) is 10.6. The van der Waals surface area contributed by atoms with E-state index in [0.29, 0.717) is 12.3 Å². The van der Waals surface area contributed by atoms with E-state index in [4.69, 9.17) is 5.73 Å². The molecule has 3 N–H and O–H groups in total. The van der Waals surface area contributed by atoms with E-state index >= 15 is 0 Å². The second-order valence-electron chi connectivity index (χ2n) is 4.63. The molecule has 0 heterocycles. The molecule has 0 spiro atoms. The van der Waals surface area contributed by atoms with Crippen molar-refractivity contribution in [2.75, 3.05) is 6.54 Å². The van der Waals surface area contributed by atoms with Gasteiger partial charge in [0.1, 0.15) is 0 Å². The molecule has 2 atom stereocenters. The predicted molar refractivity (Wildman–Crippen MR) is 57.8 cm³/mol. The van der Waals surface area contributed by atoms with E-state index < -0.39 is 0 Å². The summed E-state index contributed by atoms with van der Waals surface area (Å²) in [7, 11) is 0. The number of nitrogens with one attached hydrogen (secondary N) is 1. The highest BCUT2D eigenvalue weighted by atomic mass is 16.1. The van der Waals surface area contributed by atoms with Crippen molar-refractivity contribution in [3.05, 3.63) is 0 Å². The summed E-state index contributed by atoms with van der Waals surface area (Å²) in [6.07, 6.45) is 4.03. The third kappa shape index (κ3) is 4.61. The number of rotatable bonds is 6. The summed E-state index contributed by atoms with van der Waals surface area (Å²) in [4.78, 5) is 11.3. The summed E-state index contributed by atoms with van der Waals surface area (Å²) in [5.41, 5.74) is 5.57. The van der Waals surface area contributed by atoms with E-state index in [0.717, 1.165) is 18.9 Å². The molecule has 1 saturated carbocycles. The fourth-order valence-corrected chi connectivity index (χ4v) is 1.55. The maximum absolute atomic E-state index is 11.3. The van der Waals surface area contributed by atoms with Crippen LogP contribution in [0.3, 0.4) is 0 Å². The molecule has 1 rings (SSSR count). The van der Waals surface area contributed by atoms with Gasteiger partial charge < -0.3 is 11.1 Å². The lowest BCUT2D eigenvalue weighted by atomic mass is 10.1. The quantitative estimate of drug-likeness (QED) is 0.675. The first-order valence-electron chi connectivity index (χ1n) is 5.62. The van der Waals surface area contributed by atoms with E-state index in [1.807, 2.05) is 6.92 Å². The highest BCUT2D eigenvalue weighted by Gasteiger charge is 2.27. The Labute approximate surface area is 86.4 Å². The van der Waals surface area contributed by atoms with Gasteiger partial charge in [0.25, 0.3) is 0 Å². The van der Waals surface area contributed by atoms with Crippen LogP contribution < -0.4 is 11.1 Å². The Bertz CT molecular complexity index is 188. The molecule has 3 nitrogen and oxygen atoms in total. The number of hydrogen-bond acceptors (Lipinski definition) is 2. The zero-order valence-electron chi connectivity index (χ0n) is 9.25. The molecule has 0 radical (unpaired) electrons. The second-order valence-corrected chi connectivity index (χ2v) is 4.63. The van der Waals surface area contributed by atoms with Gasteiger partial charge in [0.15, 0.2) is 0 Å². The molecule has 1 amide bonds. The van der Waals surface area contributed by atoms with Crippen molar-refractivity contribution in [1.29, 1.82) is 0 Å². The van der Waals surface area contributed by atoms with Crippen LogP contribution >= 0.6 is 0 Å². The smallest absolute Gasteiger partial charge is 0.220 e. The molecule has 82 valence electrons. The number of hydrogen-bond donors (Lipinski definition) is 2. The fraction of sp³-hybridized carbons (Fsp3) is 0.909. The van der Waals surface area contributed by atoms with Gasteiger partial charge in [-0.2, -0.15) is 0 Å². The van der Waals surface area contributed by atoms with Gasteiger partial charge in [0.2, 0.25) is 5.91 Å². The molecular formula is C11H22N2O. The molecule has 1 aliphatic rings. The van der Waals surface area contributed by atoms with E-state index in [9.17, 15) is 4.79 Å². The van der Waals surface area contributed by atoms with E-state index in [-0.39, 0.29) is 11.9 Å². The van der Waals surface area contributed by atoms with Gasteiger partial charge in [-0.25, -0.2) is 0 Å². The van der Waals surface area contributed by atoms with Crippen LogP contribution in [-0.2, 0) is 4.79 Å². The third-order valence-corrected chi connectivity index (χ3v) is 2.87. The van der Waals surface area contributed by atoms with Crippen LogP contribution in [0.2, 0.25) is 0 Å². The molecule has 0 aromatic heterocycles. The van der Waals surface area contributed by atoms with Crippen molar-refractivity contribution in [3.63, 3.8) is 0 Å². The first-order chi connectivity index (χ1) is 6.59. The average Bonchev–Trinajstić information content (AvgIpc) is 2.93. The summed E-state index contributed by atoms with van der Waals surface area (Å²) < 4.78 is 0. The molecule has 3 heteroatoms. The zero-order valence-corrected chi connectivity index (χ0v) is 9.25. The van der Waals surface area contributed by atoms with Crippen LogP contribution in [0.5, 0.6) is 0 Å². The number of nitrogens with two attached hydrogens (primary N) is 1. The Morgan fingerprint density at radius 2 is 2.14 bits per heavy atom. The molecule has 0 bridgehead atoms. The first-order valence-corrected chi connectivity index (χ1v) is 5.62. The highest BCUT2D eigenvalue weighted by Crippen LogP contribution is 2.35. The van der Waals surface area contributed by atoms with Crippen molar-refractivity contribution in [2.24, 2.45) is 17.6 Å². The number of carbonyl (C=O) groups excluding carboxylic acids is 1. The van der Waals surface area contributed by atoms with Crippen LogP contribution in [0.4, 0.5) is 0 Å². The van der Waals surface area contributed by atoms with Gasteiger partial charge in [-0.05, 0) is 38.0 Å². The number of amides is 1. The summed E-state index contributed by atoms with van der Waals surface area (Å²) >= 11 is 0. The van der Waals surface area contributed by atoms with Crippen molar-refractivity contribution >= 4 is 5.91 Å². The Balaban J connectivity index is 2.02. The monoisotopic (exact) mass is 198 g/mol. The maximum Gasteiger partial charge on any atom is 0.220 e. The molecule has 1 aliphatic carbocycles. The van der Waals surface area contributed by atoms with Gasteiger partial charge in [-0.15, -0.1) is 0 Å². The van der Waals surface area contributed by atoms with Gasteiger partial charge in [0.05, 0.1) is 0 Å². The van der Waals surface area contributed by atoms with Crippen molar-refractivity contribution < 1.29 is 4.79 Å². The van der Waals surface area contributed by atoms with Crippen LogP contribution in [-0.4, -0.2) is 18.5 Å². The lowest BCUT2D eigenvalue weighted by Gasteiger charge is -2.11.